The third kappa shape index (κ3) is 12.4. The second-order valence-corrected chi connectivity index (χ2v) is 15.7. The van der Waals surface area contributed by atoms with E-state index < -0.39 is 23.3 Å². The molecule has 34 heavy (non-hydrogen) atoms. The van der Waals surface area contributed by atoms with Gasteiger partial charge >= 0.3 is 17.6 Å². The van der Waals surface area contributed by atoms with E-state index in [1.807, 2.05) is 83.1 Å². The fourth-order valence-corrected chi connectivity index (χ4v) is 10.7. The second kappa shape index (κ2) is 14.8. The summed E-state index contributed by atoms with van der Waals surface area (Å²) in [6.07, 6.45) is 0.340. The Morgan fingerprint density at radius 2 is 0.971 bits per heavy atom. The lowest BCUT2D eigenvalue weighted by molar-refractivity contribution is -0.0547. The Bertz CT molecular complexity index is 500. The molecule has 0 saturated carbocycles. The van der Waals surface area contributed by atoms with Crippen LogP contribution in [0.15, 0.2) is 0 Å². The summed E-state index contributed by atoms with van der Waals surface area (Å²) < 4.78 is 50.6. The molecule has 10 heteroatoms. The molecule has 8 nitrogen and oxygen atoms in total. The van der Waals surface area contributed by atoms with E-state index in [0.29, 0.717) is 25.7 Å². The molecule has 0 aromatic carbocycles. The van der Waals surface area contributed by atoms with Crippen molar-refractivity contribution >= 4 is 17.6 Å². The van der Waals surface area contributed by atoms with Crippen molar-refractivity contribution in [2.45, 2.75) is 144 Å². The van der Waals surface area contributed by atoms with Crippen LogP contribution >= 0.6 is 0 Å². The molecule has 0 N–H and O–H groups in total. The molecule has 0 aromatic heterocycles. The minimum atomic E-state index is -3.30. The Morgan fingerprint density at radius 1 is 0.618 bits per heavy atom. The van der Waals surface area contributed by atoms with Gasteiger partial charge in [0.1, 0.15) is 11.8 Å². The number of hydrogen-bond acceptors (Lipinski definition) is 8. The highest BCUT2D eigenvalue weighted by Gasteiger charge is 2.55. The summed E-state index contributed by atoms with van der Waals surface area (Å²) in [7, 11) is -6.34. The molecule has 1 aliphatic heterocycles. The molecule has 1 heterocycles. The molecular weight excluding hydrogens is 472 g/mol. The SMILES string of the molecule is CC(C)O[Si](CCC(OCC1CO1)[Si](OC(C)C)(OC(C)C)OC(C)C)(OC(C)C)OC(C)C. The molecule has 1 aliphatic rings. The van der Waals surface area contributed by atoms with E-state index in [2.05, 4.69) is 0 Å². The number of epoxide rings is 1. The molecule has 0 radical (unpaired) electrons. The molecule has 0 aromatic rings. The topological polar surface area (TPSA) is 77.1 Å². The van der Waals surface area contributed by atoms with Gasteiger partial charge in [-0.05, 0) is 89.5 Å². The maximum absolute atomic E-state index is 6.50. The molecular formula is C24H52O8Si2. The van der Waals surface area contributed by atoms with E-state index in [1.54, 1.807) is 0 Å². The lowest BCUT2D eigenvalue weighted by atomic mass is 10.5. The van der Waals surface area contributed by atoms with Crippen molar-refractivity contribution in [1.29, 1.82) is 0 Å². The first-order valence-electron chi connectivity index (χ1n) is 13.0. The van der Waals surface area contributed by atoms with Crippen LogP contribution in [0.4, 0.5) is 0 Å². The lowest BCUT2D eigenvalue weighted by Crippen LogP contribution is -2.61. The molecule has 0 aliphatic carbocycles. The third-order valence-corrected chi connectivity index (χ3v) is 11.5. The molecule has 0 amide bonds. The van der Waals surface area contributed by atoms with Gasteiger partial charge in [-0.25, -0.2) is 0 Å². The summed E-state index contributed by atoms with van der Waals surface area (Å²) in [5.74, 6) is 0. The summed E-state index contributed by atoms with van der Waals surface area (Å²) in [5, 5.41) is 0. The summed E-state index contributed by atoms with van der Waals surface area (Å²) in [5.41, 5.74) is -0.405. The van der Waals surface area contributed by atoms with E-state index >= 15 is 0 Å². The Hall–Kier alpha value is 0.114. The van der Waals surface area contributed by atoms with Crippen LogP contribution in [0.1, 0.15) is 89.5 Å². The lowest BCUT2D eigenvalue weighted by Gasteiger charge is -2.41. The highest BCUT2D eigenvalue weighted by atomic mass is 28.4. The molecule has 0 bridgehead atoms. The average molecular weight is 525 g/mol. The Morgan fingerprint density at radius 3 is 1.26 bits per heavy atom. The standard InChI is InChI=1S/C24H52O8Si2/c1-17(2)27-33(28-18(3)4,29-19(5)6)14-13-24(26-16-23-15-25-23)34(30-20(7)8,31-21(9)10)32-22(11)12/h17-24H,13-16H2,1-12H3. The fourth-order valence-electron chi connectivity index (χ4n) is 3.69. The summed E-state index contributed by atoms with van der Waals surface area (Å²) >= 11 is 0. The number of hydrogen-bond donors (Lipinski definition) is 0. The van der Waals surface area contributed by atoms with Crippen LogP contribution in [-0.2, 0) is 36.0 Å². The van der Waals surface area contributed by atoms with Gasteiger partial charge in [0.2, 0.25) is 0 Å². The van der Waals surface area contributed by atoms with Crippen molar-refractivity contribution in [3.63, 3.8) is 0 Å². The largest absolute Gasteiger partial charge is 0.532 e. The van der Waals surface area contributed by atoms with Gasteiger partial charge in [0.25, 0.3) is 0 Å². The van der Waals surface area contributed by atoms with Crippen LogP contribution in [0.2, 0.25) is 6.04 Å². The maximum Gasteiger partial charge on any atom is 0.532 e. The van der Waals surface area contributed by atoms with Gasteiger partial charge in [0.05, 0.1) is 13.2 Å². The van der Waals surface area contributed by atoms with Crippen molar-refractivity contribution in [1.82, 2.24) is 0 Å². The average Bonchev–Trinajstić information content (AvgIpc) is 3.41. The van der Waals surface area contributed by atoms with Crippen LogP contribution < -0.4 is 0 Å². The normalized spacial score (nSPS) is 18.4. The minimum Gasteiger partial charge on any atom is -0.371 e. The molecule has 1 rings (SSSR count). The van der Waals surface area contributed by atoms with Crippen LogP contribution in [0.5, 0.6) is 0 Å². The van der Waals surface area contributed by atoms with E-state index in [0.717, 1.165) is 0 Å². The molecule has 2 atom stereocenters. The molecule has 1 fully saturated rings. The predicted molar refractivity (Wildman–Crippen MR) is 138 cm³/mol. The first kappa shape index (κ1) is 32.1. The highest BCUT2D eigenvalue weighted by Crippen LogP contribution is 2.32. The quantitative estimate of drug-likeness (QED) is 0.170. The molecule has 204 valence electrons. The van der Waals surface area contributed by atoms with Crippen molar-refractivity contribution in [3.8, 4) is 0 Å². The van der Waals surface area contributed by atoms with E-state index in [-0.39, 0.29) is 42.7 Å². The molecule has 2 unspecified atom stereocenters. The van der Waals surface area contributed by atoms with Gasteiger partial charge in [0, 0.05) is 42.7 Å². The molecule has 0 spiro atoms. The van der Waals surface area contributed by atoms with Crippen LogP contribution in [0.25, 0.3) is 0 Å². The predicted octanol–water partition coefficient (Wildman–Crippen LogP) is 5.13. The van der Waals surface area contributed by atoms with E-state index in [9.17, 15) is 0 Å². The Balaban J connectivity index is 3.34. The smallest absolute Gasteiger partial charge is 0.371 e. The zero-order valence-electron chi connectivity index (χ0n) is 23.7. The zero-order valence-corrected chi connectivity index (χ0v) is 25.7. The fraction of sp³-hybridized carbons (Fsp3) is 1.00. The van der Waals surface area contributed by atoms with Crippen LogP contribution in [0, 0.1) is 0 Å². The summed E-state index contributed by atoms with van der Waals surface area (Å²) in [6.45, 7) is 25.3. The molecule has 1 saturated heterocycles. The second-order valence-electron chi connectivity index (χ2n) is 10.6. The van der Waals surface area contributed by atoms with Crippen molar-refractivity contribution < 1.29 is 36.0 Å². The van der Waals surface area contributed by atoms with Crippen LogP contribution in [0.3, 0.4) is 0 Å². The van der Waals surface area contributed by atoms with Gasteiger partial charge in [-0.15, -0.1) is 0 Å². The number of ether oxygens (including phenoxy) is 2. The van der Waals surface area contributed by atoms with Gasteiger partial charge in [0.15, 0.2) is 0 Å². The Labute approximate surface area is 211 Å². The van der Waals surface area contributed by atoms with Gasteiger partial charge in [-0.3, -0.25) is 0 Å². The van der Waals surface area contributed by atoms with Gasteiger partial charge < -0.3 is 36.0 Å². The van der Waals surface area contributed by atoms with Crippen LogP contribution in [-0.4, -0.2) is 79.3 Å². The maximum atomic E-state index is 6.50. The third-order valence-electron chi connectivity index (χ3n) is 4.44. The minimum absolute atomic E-state index is 0.0313. The van der Waals surface area contributed by atoms with E-state index in [4.69, 9.17) is 36.0 Å². The number of rotatable bonds is 19. The first-order chi connectivity index (χ1) is 15.7. The van der Waals surface area contributed by atoms with Crippen molar-refractivity contribution in [2.24, 2.45) is 0 Å². The monoisotopic (exact) mass is 524 g/mol. The summed E-state index contributed by atoms with van der Waals surface area (Å²) in [6, 6.07) is 0.566. The van der Waals surface area contributed by atoms with Gasteiger partial charge in [-0.2, -0.15) is 0 Å². The zero-order chi connectivity index (χ0) is 26.1. The summed E-state index contributed by atoms with van der Waals surface area (Å²) in [4.78, 5) is 0. The Kier molecular flexibility index (Phi) is 13.9. The van der Waals surface area contributed by atoms with Crippen molar-refractivity contribution in [2.75, 3.05) is 13.2 Å². The van der Waals surface area contributed by atoms with Gasteiger partial charge in [-0.1, -0.05) is 0 Å². The van der Waals surface area contributed by atoms with E-state index in [1.165, 1.54) is 0 Å². The highest BCUT2D eigenvalue weighted by molar-refractivity contribution is 6.63. The first-order valence-corrected chi connectivity index (χ1v) is 16.7. The van der Waals surface area contributed by atoms with Crippen molar-refractivity contribution in [3.05, 3.63) is 0 Å².